The molecule has 0 saturated heterocycles. The van der Waals surface area contributed by atoms with Gasteiger partial charge in [-0.05, 0) is 40.8 Å². The van der Waals surface area contributed by atoms with Gasteiger partial charge >= 0.3 is 5.97 Å². The number of hydrogen-bond acceptors (Lipinski definition) is 3. The molecule has 3 aromatic rings. The van der Waals surface area contributed by atoms with E-state index in [-0.39, 0.29) is 23.1 Å². The molecule has 1 aliphatic carbocycles. The monoisotopic (exact) mass is 373 g/mol. The number of hydrogen-bond donors (Lipinski definition) is 3. The van der Waals surface area contributed by atoms with Crippen molar-refractivity contribution in [3.63, 3.8) is 0 Å². The Morgan fingerprint density at radius 3 is 2.07 bits per heavy atom. The number of carbonyl (C=O) groups excluding carboxylic acids is 1. The first-order valence-corrected chi connectivity index (χ1v) is 9.09. The van der Waals surface area contributed by atoms with Crippen LogP contribution in [0.5, 0.6) is 5.75 Å². The third-order valence-corrected chi connectivity index (χ3v) is 5.13. The molecule has 0 bridgehead atoms. The largest absolute Gasteiger partial charge is 0.507 e. The second-order valence-electron chi connectivity index (χ2n) is 6.85. The summed E-state index contributed by atoms with van der Waals surface area (Å²) in [6, 6.07) is 20.5. The number of anilines is 1. The highest BCUT2D eigenvalue weighted by Gasteiger charge is 2.28. The highest BCUT2D eigenvalue weighted by atomic mass is 16.4. The molecule has 0 atom stereocenters. The van der Waals surface area contributed by atoms with Crippen molar-refractivity contribution < 1.29 is 19.8 Å². The predicted molar refractivity (Wildman–Crippen MR) is 107 cm³/mol. The number of nitrogens with one attached hydrogen (secondary N) is 1. The number of carbonyl (C=O) groups is 2. The molecule has 5 nitrogen and oxygen atoms in total. The van der Waals surface area contributed by atoms with Crippen LogP contribution in [0.25, 0.3) is 11.1 Å². The third kappa shape index (κ3) is 3.22. The van der Waals surface area contributed by atoms with Crippen LogP contribution in [-0.4, -0.2) is 22.1 Å². The molecule has 0 heterocycles. The summed E-state index contributed by atoms with van der Waals surface area (Å²) < 4.78 is 0. The van der Waals surface area contributed by atoms with Crippen molar-refractivity contribution in [1.82, 2.24) is 0 Å². The maximum Gasteiger partial charge on any atom is 0.339 e. The van der Waals surface area contributed by atoms with E-state index in [4.69, 9.17) is 5.11 Å². The van der Waals surface area contributed by atoms with E-state index in [2.05, 4.69) is 29.6 Å². The smallest absolute Gasteiger partial charge is 0.339 e. The number of phenols is 1. The summed E-state index contributed by atoms with van der Waals surface area (Å²) in [6.07, 6.45) is 0.980. The summed E-state index contributed by atoms with van der Waals surface area (Å²) in [5.74, 6) is -1.59. The third-order valence-electron chi connectivity index (χ3n) is 5.13. The van der Waals surface area contributed by atoms with E-state index in [0.717, 1.165) is 0 Å². The minimum absolute atomic E-state index is 0.168. The van der Waals surface area contributed by atoms with Gasteiger partial charge in [0.15, 0.2) is 0 Å². The van der Waals surface area contributed by atoms with Gasteiger partial charge in [0, 0.05) is 24.1 Å². The predicted octanol–water partition coefficient (Wildman–Crippen LogP) is 4.62. The first kappa shape index (κ1) is 17.8. The molecule has 0 unspecified atom stereocenters. The quantitative estimate of drug-likeness (QED) is 0.609. The molecule has 28 heavy (non-hydrogen) atoms. The number of benzene rings is 3. The lowest BCUT2D eigenvalue weighted by atomic mass is 9.92. The van der Waals surface area contributed by atoms with Crippen LogP contribution in [0.1, 0.15) is 40.2 Å². The molecule has 4 rings (SSSR count). The van der Waals surface area contributed by atoms with Crippen molar-refractivity contribution in [3.05, 3.63) is 83.4 Å². The first-order valence-electron chi connectivity index (χ1n) is 9.09. The highest BCUT2D eigenvalue weighted by Crippen LogP contribution is 2.46. The summed E-state index contributed by atoms with van der Waals surface area (Å²) in [6.45, 7) is 0. The second kappa shape index (κ2) is 7.19. The fraction of sp³-hybridized carbons (Fsp3) is 0.130. The molecular formula is C23H19NO4. The van der Waals surface area contributed by atoms with E-state index >= 15 is 0 Å². The SMILES string of the molecule is O=C(CCC1c2ccccc2-c2ccccc21)Nc1ccc(C(=O)O)c(O)c1. The van der Waals surface area contributed by atoms with Gasteiger partial charge < -0.3 is 15.5 Å². The second-order valence-corrected chi connectivity index (χ2v) is 6.85. The summed E-state index contributed by atoms with van der Waals surface area (Å²) in [5.41, 5.74) is 5.09. The van der Waals surface area contributed by atoms with Crippen molar-refractivity contribution in [3.8, 4) is 16.9 Å². The molecular weight excluding hydrogens is 354 g/mol. The Morgan fingerprint density at radius 2 is 1.50 bits per heavy atom. The van der Waals surface area contributed by atoms with Gasteiger partial charge in [0.05, 0.1) is 0 Å². The van der Waals surface area contributed by atoms with E-state index in [1.54, 1.807) is 0 Å². The fourth-order valence-corrected chi connectivity index (χ4v) is 3.86. The number of carboxylic acid groups (broad SMARTS) is 1. The average molecular weight is 373 g/mol. The minimum Gasteiger partial charge on any atom is -0.507 e. The molecule has 0 spiro atoms. The summed E-state index contributed by atoms with van der Waals surface area (Å²) >= 11 is 0. The van der Waals surface area contributed by atoms with Crippen molar-refractivity contribution in [2.75, 3.05) is 5.32 Å². The van der Waals surface area contributed by atoms with Crippen LogP contribution >= 0.6 is 0 Å². The Hall–Kier alpha value is -3.60. The van der Waals surface area contributed by atoms with Crippen molar-refractivity contribution >= 4 is 17.6 Å². The normalized spacial score (nSPS) is 12.3. The molecule has 140 valence electrons. The highest BCUT2D eigenvalue weighted by molar-refractivity contribution is 5.94. The number of carboxylic acids is 1. The zero-order valence-corrected chi connectivity index (χ0v) is 15.1. The fourth-order valence-electron chi connectivity index (χ4n) is 3.86. The zero-order chi connectivity index (χ0) is 19.7. The van der Waals surface area contributed by atoms with Gasteiger partial charge in [0.1, 0.15) is 11.3 Å². The molecule has 0 radical (unpaired) electrons. The van der Waals surface area contributed by atoms with Gasteiger partial charge in [-0.2, -0.15) is 0 Å². The molecule has 1 aliphatic rings. The van der Waals surface area contributed by atoms with Crippen LogP contribution in [0.3, 0.4) is 0 Å². The number of amides is 1. The number of rotatable bonds is 5. The molecule has 3 N–H and O–H groups in total. The Kier molecular flexibility index (Phi) is 4.57. The zero-order valence-electron chi connectivity index (χ0n) is 15.1. The lowest BCUT2D eigenvalue weighted by Gasteiger charge is -2.14. The maximum absolute atomic E-state index is 12.4. The molecule has 0 fully saturated rings. The Labute approximate surface area is 162 Å². The molecule has 0 saturated carbocycles. The van der Waals surface area contributed by atoms with Gasteiger partial charge in [-0.15, -0.1) is 0 Å². The van der Waals surface area contributed by atoms with Crippen molar-refractivity contribution in [2.24, 2.45) is 0 Å². The van der Waals surface area contributed by atoms with Gasteiger partial charge in [-0.25, -0.2) is 4.79 Å². The number of fused-ring (bicyclic) bond motifs is 3. The van der Waals surface area contributed by atoms with Gasteiger partial charge in [0.2, 0.25) is 5.91 Å². The van der Waals surface area contributed by atoms with E-state index in [9.17, 15) is 14.7 Å². The summed E-state index contributed by atoms with van der Waals surface area (Å²) in [4.78, 5) is 23.4. The average Bonchev–Trinajstić information content (AvgIpc) is 3.00. The van der Waals surface area contributed by atoms with Crippen LogP contribution in [0, 0.1) is 0 Å². The van der Waals surface area contributed by atoms with Crippen molar-refractivity contribution in [1.29, 1.82) is 0 Å². The standard InChI is InChI=1S/C23H19NO4/c25-21-13-14(9-10-20(21)23(27)28)24-22(26)12-11-19-17-7-3-1-5-15(17)16-6-2-4-8-18(16)19/h1-10,13,19,25H,11-12H2,(H,24,26)(H,27,28). The van der Waals surface area contributed by atoms with Crippen LogP contribution in [-0.2, 0) is 4.79 Å². The molecule has 3 aromatic carbocycles. The van der Waals surface area contributed by atoms with Gasteiger partial charge in [0.25, 0.3) is 0 Å². The first-order chi connectivity index (χ1) is 13.5. The Bertz CT molecular complexity index is 1030. The Balaban J connectivity index is 1.47. The molecule has 0 aliphatic heterocycles. The van der Waals surface area contributed by atoms with Gasteiger partial charge in [-0.3, -0.25) is 4.79 Å². The molecule has 0 aromatic heterocycles. The van der Waals surface area contributed by atoms with Crippen LogP contribution in [0.4, 0.5) is 5.69 Å². The van der Waals surface area contributed by atoms with Crippen molar-refractivity contribution in [2.45, 2.75) is 18.8 Å². The summed E-state index contributed by atoms with van der Waals surface area (Å²) in [5, 5.41) is 21.4. The van der Waals surface area contributed by atoms with Crippen LogP contribution in [0.2, 0.25) is 0 Å². The van der Waals surface area contributed by atoms with E-state index in [0.29, 0.717) is 18.5 Å². The van der Waals surface area contributed by atoms with E-state index in [1.165, 1.54) is 40.5 Å². The topological polar surface area (TPSA) is 86.6 Å². The molecule has 5 heteroatoms. The minimum atomic E-state index is -1.21. The van der Waals surface area contributed by atoms with Gasteiger partial charge in [-0.1, -0.05) is 48.5 Å². The van der Waals surface area contributed by atoms with E-state index in [1.807, 2.05) is 24.3 Å². The lowest BCUT2D eigenvalue weighted by molar-refractivity contribution is -0.116. The van der Waals surface area contributed by atoms with Crippen LogP contribution < -0.4 is 5.32 Å². The molecule has 1 amide bonds. The Morgan fingerprint density at radius 1 is 0.893 bits per heavy atom. The lowest BCUT2D eigenvalue weighted by Crippen LogP contribution is -2.13. The maximum atomic E-state index is 12.4. The number of aromatic hydroxyl groups is 1. The summed E-state index contributed by atoms with van der Waals surface area (Å²) in [7, 11) is 0. The number of aromatic carboxylic acids is 1. The van der Waals surface area contributed by atoms with Crippen LogP contribution in [0.15, 0.2) is 66.7 Å². The van der Waals surface area contributed by atoms with E-state index < -0.39 is 5.97 Å².